The minimum atomic E-state index is -0.854. The van der Waals surface area contributed by atoms with E-state index in [1.165, 1.54) is 0 Å². The Labute approximate surface area is 107 Å². The van der Waals surface area contributed by atoms with Crippen molar-refractivity contribution in [2.45, 2.75) is 33.2 Å². The first-order valence-electron chi connectivity index (χ1n) is 6.44. The number of carboxylic acids is 1. The Morgan fingerprint density at radius 3 is 2.78 bits per heavy atom. The maximum atomic E-state index is 11.2. The molecule has 3 nitrogen and oxygen atoms in total. The van der Waals surface area contributed by atoms with E-state index in [1.807, 2.05) is 24.3 Å². The second-order valence-corrected chi connectivity index (χ2v) is 4.91. The van der Waals surface area contributed by atoms with Crippen molar-refractivity contribution in [3.05, 3.63) is 36.0 Å². The molecular formula is C15H19NO2. The lowest BCUT2D eigenvalue weighted by molar-refractivity contribution is 0.0698. The van der Waals surface area contributed by atoms with Gasteiger partial charge >= 0.3 is 5.97 Å². The molecule has 0 spiro atoms. The fraction of sp³-hybridized carbons (Fsp3) is 0.400. The highest BCUT2D eigenvalue weighted by Crippen LogP contribution is 2.23. The van der Waals surface area contributed by atoms with Gasteiger partial charge in [-0.1, -0.05) is 38.5 Å². The van der Waals surface area contributed by atoms with Crippen LogP contribution in [0.15, 0.2) is 30.5 Å². The van der Waals surface area contributed by atoms with Gasteiger partial charge in [-0.25, -0.2) is 4.79 Å². The number of rotatable bonds is 5. The van der Waals surface area contributed by atoms with Gasteiger partial charge in [-0.05, 0) is 18.4 Å². The molecule has 0 bridgehead atoms. The second kappa shape index (κ2) is 5.25. The lowest BCUT2D eigenvalue weighted by Gasteiger charge is -2.12. The Balaban J connectivity index is 2.41. The molecule has 1 atom stereocenters. The third-order valence-corrected chi connectivity index (χ3v) is 3.31. The molecular weight excluding hydrogens is 226 g/mol. The smallest absolute Gasteiger partial charge is 0.337 e. The van der Waals surface area contributed by atoms with Crippen molar-refractivity contribution in [2.24, 2.45) is 5.92 Å². The largest absolute Gasteiger partial charge is 0.478 e. The molecule has 1 aromatic heterocycles. The summed E-state index contributed by atoms with van der Waals surface area (Å²) >= 11 is 0. The summed E-state index contributed by atoms with van der Waals surface area (Å²) in [6.07, 6.45) is 4.08. The maximum absolute atomic E-state index is 11.2. The summed E-state index contributed by atoms with van der Waals surface area (Å²) in [6.45, 7) is 5.26. The number of fused-ring (bicyclic) bond motifs is 1. The summed E-state index contributed by atoms with van der Waals surface area (Å²) in [5, 5.41) is 10.0. The van der Waals surface area contributed by atoms with Gasteiger partial charge in [0.15, 0.2) is 0 Å². The Kier molecular flexibility index (Phi) is 3.70. The molecule has 1 heterocycles. The number of aromatic carboxylic acids is 1. The van der Waals surface area contributed by atoms with Crippen molar-refractivity contribution in [2.75, 3.05) is 0 Å². The number of carboxylic acid groups (broad SMARTS) is 1. The Morgan fingerprint density at radius 2 is 2.11 bits per heavy atom. The quantitative estimate of drug-likeness (QED) is 0.871. The molecule has 0 amide bonds. The SMILES string of the molecule is CCCC(C)Cn1cc(C(=O)O)c2ccccc21. The van der Waals surface area contributed by atoms with Gasteiger partial charge in [0.25, 0.3) is 0 Å². The van der Waals surface area contributed by atoms with E-state index >= 15 is 0 Å². The van der Waals surface area contributed by atoms with E-state index in [1.54, 1.807) is 6.20 Å². The highest BCUT2D eigenvalue weighted by atomic mass is 16.4. The van der Waals surface area contributed by atoms with Crippen LogP contribution in [0.2, 0.25) is 0 Å². The molecule has 0 aliphatic rings. The lowest BCUT2D eigenvalue weighted by Crippen LogP contribution is -2.06. The molecule has 1 N–H and O–H groups in total. The van der Waals surface area contributed by atoms with Gasteiger partial charge in [-0.15, -0.1) is 0 Å². The number of aromatic nitrogens is 1. The van der Waals surface area contributed by atoms with Crippen LogP contribution in [0.25, 0.3) is 10.9 Å². The van der Waals surface area contributed by atoms with Crippen LogP contribution in [0.4, 0.5) is 0 Å². The molecule has 0 radical (unpaired) electrons. The number of benzene rings is 1. The number of carbonyl (C=O) groups is 1. The van der Waals surface area contributed by atoms with Crippen molar-refractivity contribution < 1.29 is 9.90 Å². The molecule has 2 rings (SSSR count). The Hall–Kier alpha value is -1.77. The third-order valence-electron chi connectivity index (χ3n) is 3.31. The normalized spacial score (nSPS) is 12.8. The topological polar surface area (TPSA) is 42.2 Å². The Morgan fingerprint density at radius 1 is 1.39 bits per heavy atom. The first-order chi connectivity index (χ1) is 8.63. The van der Waals surface area contributed by atoms with Crippen LogP contribution in [0.1, 0.15) is 37.0 Å². The minimum Gasteiger partial charge on any atom is -0.478 e. The van der Waals surface area contributed by atoms with Gasteiger partial charge in [-0.2, -0.15) is 0 Å². The first-order valence-corrected chi connectivity index (χ1v) is 6.44. The molecule has 0 fully saturated rings. The highest BCUT2D eigenvalue weighted by molar-refractivity contribution is 6.03. The average molecular weight is 245 g/mol. The summed E-state index contributed by atoms with van der Waals surface area (Å²) in [6, 6.07) is 7.70. The minimum absolute atomic E-state index is 0.397. The van der Waals surface area contributed by atoms with Gasteiger partial charge in [0.05, 0.1) is 5.56 Å². The maximum Gasteiger partial charge on any atom is 0.337 e. The van der Waals surface area contributed by atoms with Crippen LogP contribution < -0.4 is 0 Å². The zero-order valence-electron chi connectivity index (χ0n) is 10.9. The molecule has 96 valence electrons. The molecule has 0 saturated carbocycles. The van der Waals surface area contributed by atoms with Gasteiger partial charge in [0, 0.05) is 23.6 Å². The van der Waals surface area contributed by atoms with Crippen molar-refractivity contribution in [1.29, 1.82) is 0 Å². The Bertz CT molecular complexity index is 557. The van der Waals surface area contributed by atoms with Crippen LogP contribution in [-0.4, -0.2) is 15.6 Å². The molecule has 2 aromatic rings. The van der Waals surface area contributed by atoms with Crippen molar-refractivity contribution in [1.82, 2.24) is 4.57 Å². The van der Waals surface area contributed by atoms with E-state index < -0.39 is 5.97 Å². The predicted octanol–water partition coefficient (Wildman–Crippen LogP) is 3.78. The first kappa shape index (κ1) is 12.7. The molecule has 0 aliphatic carbocycles. The van der Waals surface area contributed by atoms with E-state index in [4.69, 9.17) is 0 Å². The van der Waals surface area contributed by atoms with Gasteiger partial charge in [0.1, 0.15) is 0 Å². The summed E-state index contributed by atoms with van der Waals surface area (Å²) in [4.78, 5) is 11.2. The van der Waals surface area contributed by atoms with Crippen LogP contribution in [0.3, 0.4) is 0 Å². The van der Waals surface area contributed by atoms with E-state index in [9.17, 15) is 9.90 Å². The third kappa shape index (κ3) is 2.40. The monoisotopic (exact) mass is 245 g/mol. The van der Waals surface area contributed by atoms with E-state index in [2.05, 4.69) is 18.4 Å². The van der Waals surface area contributed by atoms with Gasteiger partial charge < -0.3 is 9.67 Å². The molecule has 1 unspecified atom stereocenters. The predicted molar refractivity (Wildman–Crippen MR) is 73.0 cm³/mol. The number of para-hydroxylation sites is 1. The van der Waals surface area contributed by atoms with Crippen LogP contribution in [-0.2, 0) is 6.54 Å². The standard InChI is InChI=1S/C15H19NO2/c1-3-6-11(2)9-16-10-13(15(17)18)12-7-4-5-8-14(12)16/h4-5,7-8,10-11H,3,6,9H2,1-2H3,(H,17,18). The fourth-order valence-electron chi connectivity index (χ4n) is 2.49. The zero-order chi connectivity index (χ0) is 13.1. The highest BCUT2D eigenvalue weighted by Gasteiger charge is 2.14. The van der Waals surface area contributed by atoms with Gasteiger partial charge in [-0.3, -0.25) is 0 Å². The summed E-state index contributed by atoms with van der Waals surface area (Å²) in [7, 11) is 0. The van der Waals surface area contributed by atoms with Crippen molar-refractivity contribution in [3.63, 3.8) is 0 Å². The number of nitrogens with zero attached hydrogens (tertiary/aromatic N) is 1. The molecule has 3 heteroatoms. The lowest BCUT2D eigenvalue weighted by atomic mass is 10.1. The van der Waals surface area contributed by atoms with Crippen molar-refractivity contribution >= 4 is 16.9 Å². The number of hydrogen-bond acceptors (Lipinski definition) is 1. The van der Waals surface area contributed by atoms with E-state index in [-0.39, 0.29) is 0 Å². The molecule has 0 aliphatic heterocycles. The summed E-state index contributed by atoms with van der Waals surface area (Å²) in [5.74, 6) is -0.291. The average Bonchev–Trinajstić information content (AvgIpc) is 2.69. The van der Waals surface area contributed by atoms with Gasteiger partial charge in [0.2, 0.25) is 0 Å². The second-order valence-electron chi connectivity index (χ2n) is 4.91. The molecule has 18 heavy (non-hydrogen) atoms. The zero-order valence-corrected chi connectivity index (χ0v) is 10.9. The van der Waals surface area contributed by atoms with Crippen molar-refractivity contribution in [3.8, 4) is 0 Å². The van der Waals surface area contributed by atoms with E-state index in [0.717, 1.165) is 30.3 Å². The van der Waals surface area contributed by atoms with Crippen LogP contribution in [0.5, 0.6) is 0 Å². The van der Waals surface area contributed by atoms with E-state index in [0.29, 0.717) is 11.5 Å². The summed E-state index contributed by atoms with van der Waals surface area (Å²) in [5.41, 5.74) is 1.41. The fourth-order valence-corrected chi connectivity index (χ4v) is 2.49. The summed E-state index contributed by atoms with van der Waals surface area (Å²) < 4.78 is 2.07. The molecule has 0 saturated heterocycles. The van der Waals surface area contributed by atoms with Crippen LogP contribution >= 0.6 is 0 Å². The number of hydrogen-bond donors (Lipinski definition) is 1. The molecule has 1 aromatic carbocycles. The van der Waals surface area contributed by atoms with Crippen LogP contribution in [0, 0.1) is 5.92 Å².